The van der Waals surface area contributed by atoms with Crippen molar-refractivity contribution in [2.75, 3.05) is 13.2 Å². The van der Waals surface area contributed by atoms with Gasteiger partial charge in [0.25, 0.3) is 0 Å². The summed E-state index contributed by atoms with van der Waals surface area (Å²) >= 11 is 0. The van der Waals surface area contributed by atoms with E-state index in [1.807, 2.05) is 0 Å². The van der Waals surface area contributed by atoms with Gasteiger partial charge in [-0.1, -0.05) is 12.1 Å². The van der Waals surface area contributed by atoms with E-state index in [1.54, 1.807) is 0 Å². The van der Waals surface area contributed by atoms with E-state index < -0.39 is 56.1 Å². The molecule has 1 fully saturated rings. The quantitative estimate of drug-likeness (QED) is 0.298. The van der Waals surface area contributed by atoms with Crippen LogP contribution >= 0.6 is 0 Å². The molecule has 0 bridgehead atoms. The summed E-state index contributed by atoms with van der Waals surface area (Å²) in [5.74, 6) is 0.0120. The van der Waals surface area contributed by atoms with Crippen LogP contribution in [0.1, 0.15) is 11.7 Å². The molecule has 9 heteroatoms. The third kappa shape index (κ3) is 4.21. The largest absolute Gasteiger partial charge is 0.508 e. The molecule has 0 saturated carbocycles. The summed E-state index contributed by atoms with van der Waals surface area (Å²) in [6.07, 6.45) is -9.86. The Balaban J connectivity index is 1.92. The second kappa shape index (κ2) is 8.19. The van der Waals surface area contributed by atoms with Crippen LogP contribution in [0.15, 0.2) is 24.3 Å². The smallest absolute Gasteiger partial charge is 0.186 e. The number of hydrogen-bond acceptors (Lipinski definition) is 9. The predicted octanol–water partition coefficient (Wildman–Crippen LogP) is -2.40. The van der Waals surface area contributed by atoms with Gasteiger partial charge in [0.15, 0.2) is 6.29 Å². The topological polar surface area (TPSA) is 160 Å². The third-order valence-electron chi connectivity index (χ3n) is 3.88. The Kier molecular flexibility index (Phi) is 6.49. The Morgan fingerprint density at radius 3 is 2.21 bits per heavy atom. The maximum Gasteiger partial charge on any atom is 0.186 e. The van der Waals surface area contributed by atoms with Gasteiger partial charge in [0, 0.05) is 0 Å². The van der Waals surface area contributed by atoms with Crippen molar-refractivity contribution < 1.29 is 45.2 Å². The van der Waals surface area contributed by atoms with Gasteiger partial charge >= 0.3 is 0 Å². The standard InChI is InChI=1S/C15H22O9/c16-5-10-12(20)13(21)14(22)15(24-10)23-6-9(18)11(19)7-1-3-8(17)4-2-7/h1-4,9-22H,5-6H2/t9-,10-,11+,12+,13+,14-,15-/m0/s1. The zero-order valence-electron chi connectivity index (χ0n) is 12.7. The molecule has 0 aliphatic carbocycles. The van der Waals surface area contributed by atoms with Crippen molar-refractivity contribution in [1.29, 1.82) is 0 Å². The van der Waals surface area contributed by atoms with Gasteiger partial charge in [-0.2, -0.15) is 0 Å². The summed E-state index contributed by atoms with van der Waals surface area (Å²) in [6.45, 7) is -1.03. The molecule has 0 radical (unpaired) electrons. The van der Waals surface area contributed by atoms with Gasteiger partial charge in [-0.05, 0) is 17.7 Å². The van der Waals surface area contributed by atoms with E-state index in [0.29, 0.717) is 5.56 Å². The van der Waals surface area contributed by atoms with Crippen LogP contribution in [0.4, 0.5) is 0 Å². The molecule has 136 valence electrons. The average molecular weight is 346 g/mol. The van der Waals surface area contributed by atoms with E-state index in [1.165, 1.54) is 24.3 Å². The Morgan fingerprint density at radius 2 is 1.62 bits per heavy atom. The molecule has 7 N–H and O–H groups in total. The number of rotatable bonds is 6. The molecule has 1 aromatic rings. The minimum atomic E-state index is -1.58. The molecule has 0 spiro atoms. The van der Waals surface area contributed by atoms with Gasteiger partial charge in [-0.3, -0.25) is 0 Å². The van der Waals surface area contributed by atoms with E-state index in [9.17, 15) is 30.6 Å². The fourth-order valence-corrected chi connectivity index (χ4v) is 2.38. The van der Waals surface area contributed by atoms with Gasteiger partial charge in [-0.25, -0.2) is 0 Å². The highest BCUT2D eigenvalue weighted by Gasteiger charge is 2.44. The third-order valence-corrected chi connectivity index (χ3v) is 3.88. The molecule has 0 unspecified atom stereocenters. The molecule has 0 amide bonds. The number of aromatic hydroxyl groups is 1. The Bertz CT molecular complexity index is 506. The lowest BCUT2D eigenvalue weighted by molar-refractivity contribution is -0.306. The van der Waals surface area contributed by atoms with Crippen LogP contribution in [0.5, 0.6) is 5.75 Å². The van der Waals surface area contributed by atoms with Crippen LogP contribution < -0.4 is 0 Å². The minimum absolute atomic E-state index is 0.0120. The van der Waals surface area contributed by atoms with Crippen molar-refractivity contribution in [3.63, 3.8) is 0 Å². The van der Waals surface area contributed by atoms with E-state index in [-0.39, 0.29) is 5.75 Å². The molecule has 1 aliphatic heterocycles. The highest BCUT2D eigenvalue weighted by atomic mass is 16.7. The fourth-order valence-electron chi connectivity index (χ4n) is 2.38. The average Bonchev–Trinajstić information content (AvgIpc) is 2.59. The van der Waals surface area contributed by atoms with Crippen LogP contribution in [0.25, 0.3) is 0 Å². The molecule has 1 heterocycles. The van der Waals surface area contributed by atoms with E-state index in [2.05, 4.69) is 0 Å². The van der Waals surface area contributed by atoms with Crippen molar-refractivity contribution >= 4 is 0 Å². The van der Waals surface area contributed by atoms with Crippen molar-refractivity contribution in [3.8, 4) is 5.75 Å². The van der Waals surface area contributed by atoms with E-state index >= 15 is 0 Å². The Labute approximate surface area is 137 Å². The summed E-state index contributed by atoms with van der Waals surface area (Å²) in [7, 11) is 0. The maximum atomic E-state index is 10.0. The number of phenolic OH excluding ortho intramolecular Hbond substituents is 1. The summed E-state index contributed by atoms with van der Waals surface area (Å²) in [4.78, 5) is 0. The first kappa shape index (κ1) is 19.0. The molecular weight excluding hydrogens is 324 g/mol. The molecule has 2 rings (SSSR count). The lowest BCUT2D eigenvalue weighted by atomic mass is 9.99. The van der Waals surface area contributed by atoms with Crippen LogP contribution in [-0.4, -0.2) is 85.8 Å². The van der Waals surface area contributed by atoms with Crippen LogP contribution in [-0.2, 0) is 9.47 Å². The monoisotopic (exact) mass is 346 g/mol. The first-order chi connectivity index (χ1) is 11.3. The van der Waals surface area contributed by atoms with E-state index in [0.717, 1.165) is 0 Å². The zero-order chi connectivity index (χ0) is 17.9. The molecular formula is C15H22O9. The number of aliphatic hydroxyl groups is 6. The maximum absolute atomic E-state index is 10.0. The van der Waals surface area contributed by atoms with Gasteiger partial charge < -0.3 is 45.2 Å². The number of aliphatic hydroxyl groups excluding tert-OH is 6. The summed E-state index contributed by atoms with van der Waals surface area (Å²) in [5, 5.41) is 67.4. The molecule has 9 nitrogen and oxygen atoms in total. The number of benzene rings is 1. The SMILES string of the molecule is OC[C@@H]1O[C@H](OC[C@H](O)[C@H](O)c2ccc(O)cc2)[C@@H](O)[C@H](O)[C@@H]1O. The van der Waals surface area contributed by atoms with Crippen LogP contribution in [0, 0.1) is 0 Å². The first-order valence-electron chi connectivity index (χ1n) is 7.42. The predicted molar refractivity (Wildman–Crippen MR) is 78.8 cm³/mol. The number of hydrogen-bond donors (Lipinski definition) is 7. The van der Waals surface area contributed by atoms with Crippen LogP contribution in [0.2, 0.25) is 0 Å². The second-order valence-electron chi connectivity index (χ2n) is 5.63. The van der Waals surface area contributed by atoms with Crippen molar-refractivity contribution in [2.24, 2.45) is 0 Å². The zero-order valence-corrected chi connectivity index (χ0v) is 12.7. The molecule has 1 aliphatic rings. The first-order valence-corrected chi connectivity index (χ1v) is 7.42. The van der Waals surface area contributed by atoms with Crippen LogP contribution in [0.3, 0.4) is 0 Å². The van der Waals surface area contributed by atoms with E-state index in [4.69, 9.17) is 14.6 Å². The molecule has 1 aromatic carbocycles. The highest BCUT2D eigenvalue weighted by Crippen LogP contribution is 2.24. The Hall–Kier alpha value is -1.30. The minimum Gasteiger partial charge on any atom is -0.508 e. The van der Waals surface area contributed by atoms with Gasteiger partial charge in [-0.15, -0.1) is 0 Å². The summed E-state index contributed by atoms with van der Waals surface area (Å²) < 4.78 is 10.3. The highest BCUT2D eigenvalue weighted by molar-refractivity contribution is 5.27. The number of ether oxygens (including phenoxy) is 2. The fraction of sp³-hybridized carbons (Fsp3) is 0.600. The summed E-state index contributed by atoms with van der Waals surface area (Å²) in [5.41, 5.74) is 0.345. The van der Waals surface area contributed by atoms with Crippen molar-refractivity contribution in [3.05, 3.63) is 29.8 Å². The van der Waals surface area contributed by atoms with Gasteiger partial charge in [0.1, 0.15) is 42.4 Å². The molecule has 0 aromatic heterocycles. The second-order valence-corrected chi connectivity index (χ2v) is 5.63. The van der Waals surface area contributed by atoms with Crippen molar-refractivity contribution in [2.45, 2.75) is 42.9 Å². The molecule has 24 heavy (non-hydrogen) atoms. The lowest BCUT2D eigenvalue weighted by Gasteiger charge is -2.39. The van der Waals surface area contributed by atoms with Crippen molar-refractivity contribution in [1.82, 2.24) is 0 Å². The molecule has 1 saturated heterocycles. The normalized spacial score (nSPS) is 33.2. The lowest BCUT2D eigenvalue weighted by Crippen LogP contribution is -2.59. The molecule has 7 atom stereocenters. The van der Waals surface area contributed by atoms with Gasteiger partial charge in [0.05, 0.1) is 13.2 Å². The van der Waals surface area contributed by atoms with Gasteiger partial charge in [0.2, 0.25) is 0 Å². The number of phenols is 1. The Morgan fingerprint density at radius 1 is 1.00 bits per heavy atom. The summed E-state index contributed by atoms with van der Waals surface area (Å²) in [6, 6.07) is 5.56.